The van der Waals surface area contributed by atoms with Crippen molar-refractivity contribution < 1.29 is 0 Å². The number of para-hydroxylation sites is 2. The van der Waals surface area contributed by atoms with Crippen molar-refractivity contribution in [2.75, 3.05) is 0 Å². The van der Waals surface area contributed by atoms with Crippen molar-refractivity contribution in [3.05, 3.63) is 456 Å². The molecule has 24 aromatic rings. The maximum atomic E-state index is 12.1. The highest BCUT2D eigenvalue weighted by molar-refractivity contribution is 6.18. The lowest BCUT2D eigenvalue weighted by Crippen LogP contribution is -2.07. The second-order valence-corrected chi connectivity index (χ2v) is 36.2. The molecule has 6 heterocycles. The summed E-state index contributed by atoms with van der Waals surface area (Å²) in [6.07, 6.45) is 0.518. The zero-order valence-electron chi connectivity index (χ0n) is 76.2. The number of rotatable bonds is 16. The van der Waals surface area contributed by atoms with Crippen molar-refractivity contribution in [1.29, 1.82) is 10.5 Å². The number of fused-ring (bicyclic) bond motifs is 12. The lowest BCUT2D eigenvalue weighted by atomic mass is 9.88. The Morgan fingerprint density at radius 2 is 0.632 bits per heavy atom. The maximum absolute atomic E-state index is 12.1. The molecule has 0 unspecified atom stereocenters. The second-order valence-electron chi connectivity index (χ2n) is 36.2. The third kappa shape index (κ3) is 13.8. The van der Waals surface area contributed by atoms with Gasteiger partial charge in [0.2, 0.25) is 0 Å². The molecule has 136 heavy (non-hydrogen) atoms. The van der Waals surface area contributed by atoms with Gasteiger partial charge in [0.25, 0.3) is 0 Å². The summed E-state index contributed by atoms with van der Waals surface area (Å²) in [4.78, 5) is 21.6. The van der Waals surface area contributed by atoms with Crippen molar-refractivity contribution in [3.8, 4) is 147 Å². The van der Waals surface area contributed by atoms with Crippen molar-refractivity contribution in [1.82, 2.24) is 38.2 Å². The van der Waals surface area contributed by atoms with Crippen LogP contribution < -0.4 is 0 Å². The Kier molecular flexibility index (Phi) is 19.8. The average Bonchev–Trinajstić information content (AvgIpc) is 1.55. The van der Waals surface area contributed by atoms with Gasteiger partial charge in [-0.2, -0.15) is 10.5 Å². The lowest BCUT2D eigenvalue weighted by molar-refractivity contribution is 1.01. The Hall–Kier alpha value is -17.7. The first-order valence-corrected chi connectivity index (χ1v) is 46.4. The molecule has 0 bridgehead atoms. The Morgan fingerprint density at radius 1 is 0.243 bits per heavy atom. The normalized spacial score (nSPS) is 11.7. The summed E-state index contributed by atoms with van der Waals surface area (Å²) in [5, 5.41) is 32.3. The molecule has 0 aliphatic heterocycles. The van der Waals surface area contributed by atoms with Crippen LogP contribution in [0.2, 0.25) is 0 Å². The van der Waals surface area contributed by atoms with E-state index in [0.29, 0.717) is 34.9 Å². The van der Waals surface area contributed by atoms with Crippen LogP contribution in [0.4, 0.5) is 0 Å². The van der Waals surface area contributed by atoms with E-state index >= 15 is 0 Å². The lowest BCUT2D eigenvalue weighted by Gasteiger charge is -2.21. The zero-order valence-corrected chi connectivity index (χ0v) is 76.2. The largest absolute Gasteiger partial charge is 0.308 e. The number of nitriles is 2. The molecular formula is C126H88N10. The second kappa shape index (κ2) is 33.0. The molecule has 0 aliphatic rings. The number of hydrogen-bond acceptors (Lipinski definition) is 6. The minimum atomic E-state index is 0.472. The minimum Gasteiger partial charge on any atom is -0.308 e. The summed E-state index contributed by atoms with van der Waals surface area (Å²) in [7, 11) is 0. The Balaban J connectivity index is 0.752. The Morgan fingerprint density at radius 3 is 1.14 bits per heavy atom. The quantitative estimate of drug-likeness (QED) is 0.0951. The Labute approximate surface area is 788 Å². The van der Waals surface area contributed by atoms with E-state index in [0.717, 1.165) is 238 Å². The summed E-state index contributed by atoms with van der Waals surface area (Å²) in [6.45, 7) is 14.9. The van der Waals surface area contributed by atoms with Crippen molar-refractivity contribution in [3.63, 3.8) is 0 Å². The monoisotopic (exact) mass is 1740 g/mol. The summed E-state index contributed by atoms with van der Waals surface area (Å²) in [5.41, 5.74) is 39.8. The number of benzene rings is 18. The molecule has 6 aromatic heterocycles. The molecule has 0 N–H and O–H groups in total. The highest BCUT2D eigenvalue weighted by atomic mass is 15.1. The third-order valence-electron chi connectivity index (χ3n) is 27.7. The number of hydrogen-bond donors (Lipinski definition) is 0. The fraction of sp³-hybridized carbons (Fsp3) is 0.0635. The molecule has 10 heteroatoms. The molecular weight excluding hydrogens is 1650 g/mol. The predicted octanol–water partition coefficient (Wildman–Crippen LogP) is 31.8. The van der Waals surface area contributed by atoms with Crippen LogP contribution in [0.3, 0.4) is 0 Å². The van der Waals surface area contributed by atoms with Gasteiger partial charge in [0.05, 0.1) is 107 Å². The Bertz CT molecular complexity index is 9020. The van der Waals surface area contributed by atoms with E-state index in [1.165, 1.54) is 16.7 Å². The molecule has 0 aliphatic carbocycles. The molecule has 0 saturated carbocycles. The average molecular weight is 1740 g/mol. The van der Waals surface area contributed by atoms with Gasteiger partial charge in [0.15, 0.2) is 5.82 Å². The van der Waals surface area contributed by atoms with E-state index in [9.17, 15) is 10.5 Å². The van der Waals surface area contributed by atoms with E-state index in [1.54, 1.807) is 0 Å². The first kappa shape index (κ1) is 81.5. The fourth-order valence-corrected chi connectivity index (χ4v) is 21.4. The number of aryl methyl sites for hydroxylation is 7. The van der Waals surface area contributed by atoms with Gasteiger partial charge in [-0.15, -0.1) is 0 Å². The highest BCUT2D eigenvalue weighted by Gasteiger charge is 2.31. The van der Waals surface area contributed by atoms with Gasteiger partial charge < -0.3 is 18.3 Å². The van der Waals surface area contributed by atoms with Crippen LogP contribution in [-0.4, -0.2) is 38.2 Å². The van der Waals surface area contributed by atoms with Crippen LogP contribution >= 0.6 is 0 Å². The van der Waals surface area contributed by atoms with Gasteiger partial charge in [-0.3, -0.25) is 0 Å². The summed E-state index contributed by atoms with van der Waals surface area (Å²) in [5.74, 6) is 1.21. The molecule has 24 rings (SSSR count). The van der Waals surface area contributed by atoms with Crippen LogP contribution in [0.25, 0.3) is 222 Å². The number of nitrogens with zero attached hydrogens (tertiary/aromatic N) is 10. The molecule has 0 fully saturated rings. The van der Waals surface area contributed by atoms with Crippen molar-refractivity contribution >= 4 is 87.2 Å². The fourth-order valence-electron chi connectivity index (χ4n) is 21.4. The van der Waals surface area contributed by atoms with E-state index in [-0.39, 0.29) is 0 Å². The van der Waals surface area contributed by atoms with Crippen LogP contribution in [0.1, 0.15) is 61.6 Å². The molecule has 642 valence electrons. The summed E-state index contributed by atoms with van der Waals surface area (Å²) >= 11 is 0. The number of aromatic nitrogens is 8. The van der Waals surface area contributed by atoms with Crippen molar-refractivity contribution in [2.24, 2.45) is 0 Å². The smallest absolute Gasteiger partial charge is 0.160 e. The van der Waals surface area contributed by atoms with E-state index < -0.39 is 0 Å². The maximum Gasteiger partial charge on any atom is 0.160 e. The van der Waals surface area contributed by atoms with Gasteiger partial charge in [-0.05, 0) is 258 Å². The molecule has 0 amide bonds. The molecule has 0 atom stereocenters. The van der Waals surface area contributed by atoms with Gasteiger partial charge >= 0.3 is 0 Å². The molecule has 18 aromatic carbocycles. The van der Waals surface area contributed by atoms with Crippen molar-refractivity contribution in [2.45, 2.75) is 54.9 Å². The van der Waals surface area contributed by atoms with Crippen LogP contribution in [-0.2, 0) is 6.42 Å². The third-order valence-corrected chi connectivity index (χ3v) is 27.7. The summed E-state index contributed by atoms with van der Waals surface area (Å²) in [6, 6.07) is 148. The van der Waals surface area contributed by atoms with Gasteiger partial charge in [-0.25, -0.2) is 19.9 Å². The zero-order chi connectivity index (χ0) is 91.7. The van der Waals surface area contributed by atoms with Crippen LogP contribution in [0, 0.1) is 71.1 Å². The molecule has 10 nitrogen and oxygen atoms in total. The topological polar surface area (TPSA) is 119 Å². The van der Waals surface area contributed by atoms with Crippen LogP contribution in [0.5, 0.6) is 0 Å². The van der Waals surface area contributed by atoms with E-state index in [2.05, 4.69) is 429 Å². The minimum absolute atomic E-state index is 0.472. The molecule has 0 saturated heterocycles. The van der Waals surface area contributed by atoms with Crippen LogP contribution in [0.15, 0.2) is 394 Å². The van der Waals surface area contributed by atoms with Gasteiger partial charge in [0, 0.05) is 71.0 Å². The SMILES string of the molecule is Cc1cccc(-c2ccc3c4ccccc4n(-c4cc(C#N)cc(-n5c6ccccc6c6ccc(-c7cccc(Cc8c(-c9ccccc9C)ccc9c8c8cc(-c%10ccccc%10C)ccc8n9-c8cc(C#N)cc(-n9c%10ccc(-c%11ccccc%11C)cc%10c%10cc(-c%11ccccc%11C)ccc%109)c8-c8cc(-c9ccccc9)nc(-c9ccccc9)n8)c7)cc65)c4-c4cc(C)nc(C)n4)c3c2)c1. The van der Waals surface area contributed by atoms with Gasteiger partial charge in [0.1, 0.15) is 5.82 Å². The first-order chi connectivity index (χ1) is 66.7. The standard InChI is InChI=1S/C126H88N10/c1-76-28-26-38-88(60-76)90-48-53-102-100-44-22-24-46-111(100)135(117(102)71-90)121-66-85(75-128)67-122(124(121)109-61-81(6)129-82(7)130-109)136-112-47-25-23-45-101(112)103-54-49-91(72-118(103)136)89-39-27-33-83(62-89)63-106-99(98-43-21-17-32-80(98)5)55-59-116-123(106)107-70-94(97-42-20-16-31-79(97)4)52-58-115(107)134(116)120-65-84(74-127)64-119(125(120)110-73-108(86-34-10-8-11-35-86)131-126(132-110)87-36-12-9-13-37-87)133-113-56-50-92(95-40-18-14-29-77(95)2)68-104(113)105-69-93(51-57-114(105)133)96-41-19-15-30-78(96)3/h8-62,64-73H,63H2,1-7H3. The van der Waals surface area contributed by atoms with E-state index in [1.807, 2.05) is 44.2 Å². The molecule has 0 radical (unpaired) electrons. The highest BCUT2D eigenvalue weighted by Crippen LogP contribution is 2.51. The first-order valence-electron chi connectivity index (χ1n) is 46.4. The summed E-state index contributed by atoms with van der Waals surface area (Å²) < 4.78 is 9.56. The molecule has 0 spiro atoms. The predicted molar refractivity (Wildman–Crippen MR) is 561 cm³/mol. The van der Waals surface area contributed by atoms with Gasteiger partial charge in [-0.1, -0.05) is 297 Å². The van der Waals surface area contributed by atoms with E-state index in [4.69, 9.17) is 19.9 Å².